The van der Waals surface area contributed by atoms with Crippen LogP contribution in [0.1, 0.15) is 5.56 Å². The molecule has 0 fully saturated rings. The maximum atomic E-state index is 13.4. The van der Waals surface area contributed by atoms with Crippen LogP contribution in [0.25, 0.3) is 27.6 Å². The maximum absolute atomic E-state index is 13.4. The van der Waals surface area contributed by atoms with Gasteiger partial charge in [0.1, 0.15) is 12.3 Å². The van der Waals surface area contributed by atoms with Gasteiger partial charge in [-0.1, -0.05) is 36.4 Å². The molecule has 2 heterocycles. The third kappa shape index (κ3) is 3.30. The molecule has 154 valence electrons. The molecule has 0 bridgehead atoms. The van der Waals surface area contributed by atoms with Gasteiger partial charge >= 0.3 is 5.69 Å². The molecule has 0 aliphatic carbocycles. The van der Waals surface area contributed by atoms with E-state index in [-0.39, 0.29) is 18.1 Å². The number of benzene rings is 3. The Hall–Kier alpha value is -4.13. The number of nitrogens with zero attached hydrogens (tertiary/aromatic N) is 3. The van der Waals surface area contributed by atoms with E-state index >= 15 is 0 Å². The van der Waals surface area contributed by atoms with Crippen molar-refractivity contribution in [1.82, 2.24) is 19.3 Å². The molecule has 0 unspecified atom stereocenters. The zero-order valence-electron chi connectivity index (χ0n) is 16.9. The van der Waals surface area contributed by atoms with E-state index in [4.69, 9.17) is 4.74 Å². The molecule has 5 rings (SSSR count). The lowest BCUT2D eigenvalue weighted by molar-refractivity contribution is -0.121. The van der Waals surface area contributed by atoms with Gasteiger partial charge in [-0.2, -0.15) is 0 Å². The molecule has 1 N–H and O–H groups in total. The Labute approximate surface area is 177 Å². The van der Waals surface area contributed by atoms with Crippen molar-refractivity contribution in [1.29, 1.82) is 0 Å². The van der Waals surface area contributed by atoms with E-state index in [0.29, 0.717) is 17.7 Å². The third-order valence-electron chi connectivity index (χ3n) is 5.37. The summed E-state index contributed by atoms with van der Waals surface area (Å²) < 4.78 is 8.23. The van der Waals surface area contributed by atoms with E-state index in [9.17, 15) is 9.59 Å². The number of hydrogen-bond donors (Lipinski definition) is 1. The first kappa shape index (κ1) is 18.9. The number of carbonyl (C=O) groups is 1. The summed E-state index contributed by atoms with van der Waals surface area (Å²) in [5.41, 5.74) is 3.39. The van der Waals surface area contributed by atoms with Crippen molar-refractivity contribution in [2.24, 2.45) is 0 Å². The number of hydrogen-bond acceptors (Lipinski definition) is 4. The zero-order valence-corrected chi connectivity index (χ0v) is 16.9. The number of rotatable bonds is 5. The van der Waals surface area contributed by atoms with Crippen molar-refractivity contribution in [3.05, 3.63) is 88.8 Å². The number of carbonyl (C=O) groups excluding carboxylic acids is 1. The van der Waals surface area contributed by atoms with Crippen LogP contribution < -0.4 is 15.7 Å². The topological polar surface area (TPSA) is 77.6 Å². The Bertz CT molecular complexity index is 1480. The van der Waals surface area contributed by atoms with Gasteiger partial charge in [-0.25, -0.2) is 14.2 Å². The highest BCUT2D eigenvalue weighted by Crippen LogP contribution is 2.22. The second kappa shape index (κ2) is 7.60. The van der Waals surface area contributed by atoms with Gasteiger partial charge in [0, 0.05) is 11.9 Å². The highest BCUT2D eigenvalue weighted by molar-refractivity contribution is 5.96. The smallest absolute Gasteiger partial charge is 0.335 e. The Morgan fingerprint density at radius 2 is 1.68 bits per heavy atom. The van der Waals surface area contributed by atoms with Gasteiger partial charge in [0.25, 0.3) is 0 Å². The number of ether oxygens (including phenoxy) is 1. The van der Waals surface area contributed by atoms with Crippen molar-refractivity contribution in [2.75, 3.05) is 7.11 Å². The standard InChI is InChI=1S/C24H20N4O3/c1-31-17-12-10-16(11-13-17)14-25-22(29)15-27-20-8-4-2-6-18(20)23-26-19-7-3-5-9-21(19)28(23)24(27)30/h2-13H,14-15H2,1H3,(H,25,29). The van der Waals surface area contributed by atoms with Crippen LogP contribution in [0.2, 0.25) is 0 Å². The molecule has 0 spiro atoms. The molecule has 0 atom stereocenters. The van der Waals surface area contributed by atoms with Gasteiger partial charge < -0.3 is 10.1 Å². The Morgan fingerprint density at radius 3 is 2.45 bits per heavy atom. The average Bonchev–Trinajstić information content (AvgIpc) is 3.21. The molecular formula is C24H20N4O3. The van der Waals surface area contributed by atoms with Gasteiger partial charge in [-0.05, 0) is 42.0 Å². The molecule has 0 aliphatic rings. The summed E-state index contributed by atoms with van der Waals surface area (Å²) in [5.74, 6) is 0.515. The van der Waals surface area contributed by atoms with Gasteiger partial charge in [0.15, 0.2) is 5.65 Å². The average molecular weight is 412 g/mol. The van der Waals surface area contributed by atoms with Crippen molar-refractivity contribution >= 4 is 33.5 Å². The second-order valence-corrected chi connectivity index (χ2v) is 7.27. The van der Waals surface area contributed by atoms with Crippen molar-refractivity contribution in [2.45, 2.75) is 13.1 Å². The number of nitrogens with one attached hydrogen (secondary N) is 1. The molecule has 7 heteroatoms. The lowest BCUT2D eigenvalue weighted by atomic mass is 10.2. The Morgan fingerprint density at radius 1 is 0.968 bits per heavy atom. The molecule has 1 amide bonds. The molecule has 0 saturated carbocycles. The van der Waals surface area contributed by atoms with Crippen LogP contribution >= 0.6 is 0 Å². The van der Waals surface area contributed by atoms with Crippen LogP contribution in [0.4, 0.5) is 0 Å². The fourth-order valence-electron chi connectivity index (χ4n) is 3.82. The molecule has 5 aromatic rings. The third-order valence-corrected chi connectivity index (χ3v) is 5.37. The number of aromatic nitrogens is 3. The number of para-hydroxylation sites is 3. The van der Waals surface area contributed by atoms with Crippen LogP contribution in [-0.4, -0.2) is 27.0 Å². The van der Waals surface area contributed by atoms with Gasteiger partial charge in [-0.3, -0.25) is 9.36 Å². The molecular weight excluding hydrogens is 392 g/mol. The molecule has 3 aromatic carbocycles. The van der Waals surface area contributed by atoms with Crippen LogP contribution in [0.5, 0.6) is 5.75 Å². The van der Waals surface area contributed by atoms with Crippen molar-refractivity contribution in [3.8, 4) is 5.75 Å². The molecule has 7 nitrogen and oxygen atoms in total. The van der Waals surface area contributed by atoms with Crippen LogP contribution in [0, 0.1) is 0 Å². The summed E-state index contributed by atoms with van der Waals surface area (Å²) in [5, 5.41) is 3.71. The summed E-state index contributed by atoms with van der Waals surface area (Å²) in [4.78, 5) is 30.8. The highest BCUT2D eigenvalue weighted by atomic mass is 16.5. The summed E-state index contributed by atoms with van der Waals surface area (Å²) in [6.07, 6.45) is 0. The number of amides is 1. The Balaban J connectivity index is 1.52. The van der Waals surface area contributed by atoms with Crippen molar-refractivity contribution in [3.63, 3.8) is 0 Å². The van der Waals surface area contributed by atoms with E-state index < -0.39 is 0 Å². The lowest BCUT2D eigenvalue weighted by Gasteiger charge is -2.12. The molecule has 0 radical (unpaired) electrons. The van der Waals surface area contributed by atoms with E-state index in [2.05, 4.69) is 10.3 Å². The number of imidazole rings is 1. The number of methoxy groups -OCH3 is 1. The second-order valence-electron chi connectivity index (χ2n) is 7.27. The maximum Gasteiger partial charge on any atom is 0.335 e. The van der Waals surface area contributed by atoms with Gasteiger partial charge in [0.2, 0.25) is 5.91 Å². The normalized spacial score (nSPS) is 11.3. The van der Waals surface area contributed by atoms with Gasteiger partial charge in [0.05, 0.1) is 23.7 Å². The van der Waals surface area contributed by atoms with Crippen LogP contribution in [0.15, 0.2) is 77.6 Å². The fraction of sp³-hybridized carbons (Fsp3) is 0.125. The quantitative estimate of drug-likeness (QED) is 0.481. The van der Waals surface area contributed by atoms with E-state index in [1.54, 1.807) is 11.5 Å². The summed E-state index contributed by atoms with van der Waals surface area (Å²) >= 11 is 0. The monoisotopic (exact) mass is 412 g/mol. The minimum Gasteiger partial charge on any atom is -0.497 e. The predicted octanol–water partition coefficient (Wildman–Crippen LogP) is 3.13. The van der Waals surface area contributed by atoms with E-state index in [1.807, 2.05) is 72.8 Å². The molecule has 0 saturated heterocycles. The van der Waals surface area contributed by atoms with E-state index in [0.717, 1.165) is 27.7 Å². The first-order valence-corrected chi connectivity index (χ1v) is 9.94. The summed E-state index contributed by atoms with van der Waals surface area (Å²) in [6, 6.07) is 22.5. The summed E-state index contributed by atoms with van der Waals surface area (Å²) in [7, 11) is 1.61. The summed E-state index contributed by atoms with van der Waals surface area (Å²) in [6.45, 7) is 0.281. The van der Waals surface area contributed by atoms with E-state index in [1.165, 1.54) is 4.57 Å². The largest absolute Gasteiger partial charge is 0.497 e. The van der Waals surface area contributed by atoms with Crippen molar-refractivity contribution < 1.29 is 9.53 Å². The fourth-order valence-corrected chi connectivity index (χ4v) is 3.82. The van der Waals surface area contributed by atoms with Crippen LogP contribution in [-0.2, 0) is 17.9 Å². The minimum atomic E-state index is -0.290. The molecule has 31 heavy (non-hydrogen) atoms. The number of fused-ring (bicyclic) bond motifs is 5. The van der Waals surface area contributed by atoms with Crippen LogP contribution in [0.3, 0.4) is 0 Å². The lowest BCUT2D eigenvalue weighted by Crippen LogP contribution is -2.34. The first-order valence-electron chi connectivity index (χ1n) is 9.94. The zero-order chi connectivity index (χ0) is 21.4. The predicted molar refractivity (Wildman–Crippen MR) is 119 cm³/mol. The first-order chi connectivity index (χ1) is 15.2. The van der Waals surface area contributed by atoms with Gasteiger partial charge in [-0.15, -0.1) is 0 Å². The molecule has 2 aromatic heterocycles. The Kier molecular flexibility index (Phi) is 4.63. The SMILES string of the molecule is COc1ccc(CNC(=O)Cn2c(=O)n3c4ccccc4nc3c3ccccc32)cc1. The molecule has 0 aliphatic heterocycles. The minimum absolute atomic E-state index is 0.0854. The highest BCUT2D eigenvalue weighted by Gasteiger charge is 2.16.